The molecule has 0 saturated heterocycles. The largest absolute Gasteiger partial charge is 0.495 e. The zero-order valence-electron chi connectivity index (χ0n) is 18.9. The Morgan fingerprint density at radius 3 is 2.16 bits per heavy atom. The van der Waals surface area contributed by atoms with E-state index in [1.54, 1.807) is 44.4 Å². The Kier molecular flexibility index (Phi) is 9.03. The van der Waals surface area contributed by atoms with Gasteiger partial charge in [0.2, 0.25) is 15.9 Å². The molecule has 0 aromatic heterocycles. The Bertz CT molecular complexity index is 1040. The van der Waals surface area contributed by atoms with Gasteiger partial charge in [0, 0.05) is 26.6 Å². The molecule has 32 heavy (non-hydrogen) atoms. The van der Waals surface area contributed by atoms with Crippen LogP contribution in [0.2, 0.25) is 5.02 Å². The Hall–Kier alpha value is -2.65. The zero-order valence-corrected chi connectivity index (χ0v) is 20.5. The van der Waals surface area contributed by atoms with Crippen LogP contribution < -0.4 is 18.5 Å². The van der Waals surface area contributed by atoms with E-state index in [-0.39, 0.29) is 18.9 Å². The van der Waals surface area contributed by atoms with Crippen molar-refractivity contribution < 1.29 is 27.4 Å². The molecular formula is C22H29ClN2O6S. The molecule has 8 nitrogen and oxygen atoms in total. The monoisotopic (exact) mass is 484 g/mol. The van der Waals surface area contributed by atoms with Crippen LogP contribution in [0.4, 0.5) is 5.69 Å². The third-order valence-corrected chi connectivity index (χ3v) is 6.36. The van der Waals surface area contributed by atoms with E-state index in [0.29, 0.717) is 40.9 Å². The summed E-state index contributed by atoms with van der Waals surface area (Å²) in [4.78, 5) is 14.2. The van der Waals surface area contributed by atoms with Crippen molar-refractivity contribution in [1.29, 1.82) is 0 Å². The Morgan fingerprint density at radius 1 is 0.969 bits per heavy atom. The smallest absolute Gasteiger partial charge is 0.232 e. The lowest BCUT2D eigenvalue weighted by atomic mass is 10.1. The number of sulfonamides is 1. The van der Waals surface area contributed by atoms with E-state index in [2.05, 4.69) is 0 Å². The van der Waals surface area contributed by atoms with Gasteiger partial charge in [-0.3, -0.25) is 9.10 Å². The van der Waals surface area contributed by atoms with Crippen LogP contribution in [0.15, 0.2) is 36.4 Å². The van der Waals surface area contributed by atoms with Crippen molar-refractivity contribution in [3.8, 4) is 17.2 Å². The van der Waals surface area contributed by atoms with Crippen LogP contribution >= 0.6 is 11.6 Å². The molecule has 0 spiro atoms. The molecule has 0 aliphatic carbocycles. The molecule has 2 aromatic carbocycles. The van der Waals surface area contributed by atoms with Gasteiger partial charge in [0.05, 0.1) is 38.3 Å². The van der Waals surface area contributed by atoms with E-state index in [0.717, 1.165) is 11.8 Å². The molecule has 2 aromatic rings. The average molecular weight is 485 g/mol. The summed E-state index contributed by atoms with van der Waals surface area (Å²) in [6.07, 6.45) is 1.67. The highest BCUT2D eigenvalue weighted by atomic mass is 35.5. The first-order chi connectivity index (χ1) is 15.1. The number of hydrogen-bond donors (Lipinski definition) is 0. The summed E-state index contributed by atoms with van der Waals surface area (Å²) >= 11 is 6.14. The first kappa shape index (κ1) is 25.6. The lowest BCUT2D eigenvalue weighted by Crippen LogP contribution is -2.32. The molecule has 176 valence electrons. The lowest BCUT2D eigenvalue weighted by Gasteiger charge is -2.24. The van der Waals surface area contributed by atoms with Crippen molar-refractivity contribution in [3.05, 3.63) is 47.0 Å². The van der Waals surface area contributed by atoms with Crippen molar-refractivity contribution in [2.75, 3.05) is 45.5 Å². The number of ether oxygens (including phenoxy) is 3. The highest BCUT2D eigenvalue weighted by Gasteiger charge is 2.20. The third kappa shape index (κ3) is 6.67. The quantitative estimate of drug-likeness (QED) is 0.484. The molecule has 0 radical (unpaired) electrons. The van der Waals surface area contributed by atoms with E-state index in [4.69, 9.17) is 25.8 Å². The maximum absolute atomic E-state index is 12.6. The van der Waals surface area contributed by atoms with Crippen molar-refractivity contribution in [1.82, 2.24) is 4.90 Å². The predicted octanol–water partition coefficient (Wildman–Crippen LogP) is 3.57. The van der Waals surface area contributed by atoms with Crippen LogP contribution in [-0.4, -0.2) is 60.4 Å². The number of rotatable bonds is 11. The molecule has 0 heterocycles. The van der Waals surface area contributed by atoms with Crippen LogP contribution in [0.5, 0.6) is 17.2 Å². The number of methoxy groups -OCH3 is 3. The Morgan fingerprint density at radius 2 is 1.59 bits per heavy atom. The van der Waals surface area contributed by atoms with E-state index < -0.39 is 10.0 Å². The topological polar surface area (TPSA) is 85.4 Å². The van der Waals surface area contributed by atoms with E-state index >= 15 is 0 Å². The first-order valence-corrected chi connectivity index (χ1v) is 12.1. The molecule has 2 rings (SSSR count). The number of amides is 1. The molecule has 0 atom stereocenters. The average Bonchev–Trinajstić information content (AvgIpc) is 2.75. The maximum atomic E-state index is 12.6. The molecular weight excluding hydrogens is 456 g/mol. The molecule has 0 aliphatic heterocycles. The second kappa shape index (κ2) is 11.3. The number of carbonyl (C=O) groups excluding carboxylic acids is 1. The van der Waals surface area contributed by atoms with Crippen molar-refractivity contribution in [2.45, 2.75) is 19.4 Å². The molecule has 0 saturated carbocycles. The fourth-order valence-electron chi connectivity index (χ4n) is 3.20. The van der Waals surface area contributed by atoms with Crippen LogP contribution in [0, 0.1) is 0 Å². The van der Waals surface area contributed by atoms with Gasteiger partial charge in [0.1, 0.15) is 5.75 Å². The second-order valence-corrected chi connectivity index (χ2v) is 9.51. The summed E-state index contributed by atoms with van der Waals surface area (Å²) in [5, 5.41) is 0.310. The molecule has 0 aliphatic rings. The summed E-state index contributed by atoms with van der Waals surface area (Å²) in [5.74, 6) is 1.56. The first-order valence-electron chi connectivity index (χ1n) is 9.86. The summed E-state index contributed by atoms with van der Waals surface area (Å²) in [6, 6.07) is 10.2. The molecule has 0 fully saturated rings. The molecule has 0 bridgehead atoms. The van der Waals surface area contributed by atoms with Crippen LogP contribution in [0.1, 0.15) is 18.4 Å². The van der Waals surface area contributed by atoms with Gasteiger partial charge >= 0.3 is 0 Å². The Labute approximate surface area is 194 Å². The van der Waals surface area contributed by atoms with Crippen LogP contribution in [0.3, 0.4) is 0 Å². The minimum absolute atomic E-state index is 0.0963. The van der Waals surface area contributed by atoms with Gasteiger partial charge in [0.25, 0.3) is 0 Å². The second-order valence-electron chi connectivity index (χ2n) is 7.20. The number of benzene rings is 2. The van der Waals surface area contributed by atoms with Crippen LogP contribution in [-0.2, 0) is 21.4 Å². The normalized spacial score (nSPS) is 11.1. The highest BCUT2D eigenvalue weighted by Crippen LogP contribution is 2.30. The van der Waals surface area contributed by atoms with Gasteiger partial charge in [0.15, 0.2) is 11.5 Å². The summed E-state index contributed by atoms with van der Waals surface area (Å²) in [7, 11) is 2.76. The number of nitrogens with zero attached hydrogens (tertiary/aromatic N) is 2. The standard InChI is InChI=1S/C22H29ClN2O6S/c1-24(15-16-8-10-20(30-3)21(13-16)31-4)22(26)7-6-12-25(32(5,27)28)17-9-11-19(29-2)18(23)14-17/h8-11,13-14H,6-7,12,15H2,1-5H3. The van der Waals surface area contributed by atoms with Gasteiger partial charge in [-0.25, -0.2) is 8.42 Å². The third-order valence-electron chi connectivity index (χ3n) is 4.87. The van der Waals surface area contributed by atoms with Gasteiger partial charge in [-0.05, 0) is 42.3 Å². The number of carbonyl (C=O) groups is 1. The summed E-state index contributed by atoms with van der Waals surface area (Å²) in [5.41, 5.74) is 1.31. The van der Waals surface area contributed by atoms with Crippen molar-refractivity contribution >= 4 is 33.2 Å². The Balaban J connectivity index is 2.00. The van der Waals surface area contributed by atoms with Gasteiger partial charge in [-0.15, -0.1) is 0 Å². The van der Waals surface area contributed by atoms with Gasteiger partial charge in [-0.2, -0.15) is 0 Å². The minimum Gasteiger partial charge on any atom is -0.495 e. The number of hydrogen-bond acceptors (Lipinski definition) is 6. The SMILES string of the molecule is COc1ccc(N(CCCC(=O)N(C)Cc2ccc(OC)c(OC)c2)S(C)(=O)=O)cc1Cl. The molecule has 0 N–H and O–H groups in total. The van der Waals surface area contributed by atoms with E-state index in [1.165, 1.54) is 17.5 Å². The summed E-state index contributed by atoms with van der Waals surface area (Å²) in [6.45, 7) is 0.542. The lowest BCUT2D eigenvalue weighted by molar-refractivity contribution is -0.130. The number of halogens is 1. The maximum Gasteiger partial charge on any atom is 0.232 e. The van der Waals surface area contributed by atoms with Gasteiger partial charge in [-0.1, -0.05) is 17.7 Å². The van der Waals surface area contributed by atoms with E-state index in [9.17, 15) is 13.2 Å². The fourth-order valence-corrected chi connectivity index (χ4v) is 4.41. The molecule has 10 heteroatoms. The number of anilines is 1. The molecule has 1 amide bonds. The fraction of sp³-hybridized carbons (Fsp3) is 0.409. The minimum atomic E-state index is -3.55. The summed E-state index contributed by atoms with van der Waals surface area (Å²) < 4.78 is 41.5. The van der Waals surface area contributed by atoms with E-state index in [1.807, 2.05) is 12.1 Å². The van der Waals surface area contributed by atoms with Crippen molar-refractivity contribution in [3.63, 3.8) is 0 Å². The zero-order chi connectivity index (χ0) is 23.9. The van der Waals surface area contributed by atoms with Crippen molar-refractivity contribution in [2.24, 2.45) is 0 Å². The van der Waals surface area contributed by atoms with Crippen LogP contribution in [0.25, 0.3) is 0 Å². The molecule has 0 unspecified atom stereocenters. The van der Waals surface area contributed by atoms with Gasteiger partial charge < -0.3 is 19.1 Å². The predicted molar refractivity (Wildman–Crippen MR) is 125 cm³/mol. The highest BCUT2D eigenvalue weighted by molar-refractivity contribution is 7.92.